The summed E-state index contributed by atoms with van der Waals surface area (Å²) in [6, 6.07) is 10.5. The van der Waals surface area contributed by atoms with Gasteiger partial charge < -0.3 is 20.8 Å². The van der Waals surface area contributed by atoms with Crippen LogP contribution in [0.15, 0.2) is 85.6 Å². The fourth-order valence-electron chi connectivity index (χ4n) is 4.24. The highest BCUT2D eigenvalue weighted by Crippen LogP contribution is 2.36. The summed E-state index contributed by atoms with van der Waals surface area (Å²) in [4.78, 5) is 21.8. The highest BCUT2D eigenvalue weighted by molar-refractivity contribution is 7.86. The topological polar surface area (TPSA) is 326 Å². The molecule has 21 nitrogen and oxygen atoms in total. The van der Waals surface area contributed by atoms with Gasteiger partial charge in [0.25, 0.3) is 30.4 Å². The number of hydrogen-bond acceptors (Lipinski definition) is 16. The molecule has 2 heterocycles. The van der Waals surface area contributed by atoms with Crippen LogP contribution < -0.4 is 10.6 Å². The number of aryl methyl sites for hydroxylation is 1. The number of aromatic hydroxyl groups is 1. The van der Waals surface area contributed by atoms with Crippen LogP contribution in [0.5, 0.6) is 5.88 Å². The molecular formula is C26H20ClN9O12S3. The molecule has 7 N–H and O–H groups in total. The molecule has 5 aromatic rings. The average Bonchev–Trinajstić information content (AvgIpc) is 3.30. The molecule has 0 amide bonds. The molecule has 5 rings (SSSR count). The Morgan fingerprint density at radius 3 is 1.98 bits per heavy atom. The van der Waals surface area contributed by atoms with Crippen molar-refractivity contribution in [1.82, 2.24) is 24.7 Å². The van der Waals surface area contributed by atoms with E-state index in [1.165, 1.54) is 25.1 Å². The standard InChI is InChI=1S/C26H20ClN9O12S3/c1-12-21(22(37)36(35-12)14-3-5-15(6-4-14)49(40,41)42)34-33-19-10-13(2-9-20(19)51(46,47)48)28-25-30-24(27)31-26(32-25)29-18-8-7-16(50(43,44)45)11-17(18)23(38)39/h2-11,37H,1H3,(H,38,39)(H,40,41,42)(H,43,44,45)(H,46,47,48)(H2,28,29,30,31,32)/b34-33+. The molecule has 266 valence electrons. The van der Waals surface area contributed by atoms with Gasteiger partial charge in [-0.15, -0.1) is 10.2 Å². The van der Waals surface area contributed by atoms with Crippen molar-refractivity contribution >= 4 is 82.6 Å². The van der Waals surface area contributed by atoms with Crippen molar-refractivity contribution in [2.24, 2.45) is 10.2 Å². The third-order valence-electron chi connectivity index (χ3n) is 6.51. The minimum atomic E-state index is -4.88. The summed E-state index contributed by atoms with van der Waals surface area (Å²) in [6.07, 6.45) is 0. The lowest BCUT2D eigenvalue weighted by Crippen LogP contribution is -2.09. The van der Waals surface area contributed by atoms with E-state index in [-0.39, 0.29) is 40.3 Å². The Balaban J connectivity index is 1.46. The second-order valence-corrected chi connectivity index (χ2v) is 14.6. The van der Waals surface area contributed by atoms with Crippen LogP contribution in [0.2, 0.25) is 5.28 Å². The first-order chi connectivity index (χ1) is 23.7. The van der Waals surface area contributed by atoms with E-state index in [1.807, 2.05) is 0 Å². The number of halogens is 1. The summed E-state index contributed by atoms with van der Waals surface area (Å²) in [5.74, 6) is -2.75. The number of carboxylic acids is 1. The summed E-state index contributed by atoms with van der Waals surface area (Å²) < 4.78 is 99.1. The Hall–Kier alpha value is -5.63. The molecule has 0 saturated carbocycles. The Labute approximate surface area is 291 Å². The number of rotatable bonds is 11. The highest BCUT2D eigenvalue weighted by Gasteiger charge is 2.21. The Morgan fingerprint density at radius 1 is 0.784 bits per heavy atom. The lowest BCUT2D eigenvalue weighted by molar-refractivity contribution is 0.0697. The van der Waals surface area contributed by atoms with E-state index in [2.05, 4.69) is 40.9 Å². The van der Waals surface area contributed by atoms with Crippen molar-refractivity contribution in [3.8, 4) is 11.6 Å². The lowest BCUT2D eigenvalue weighted by atomic mass is 10.2. The normalized spacial score (nSPS) is 12.3. The van der Waals surface area contributed by atoms with Gasteiger partial charge in [-0.2, -0.15) is 50.0 Å². The van der Waals surface area contributed by atoms with E-state index in [0.29, 0.717) is 6.07 Å². The molecule has 0 aliphatic carbocycles. The van der Waals surface area contributed by atoms with E-state index in [4.69, 9.17) is 11.6 Å². The summed E-state index contributed by atoms with van der Waals surface area (Å²) in [6.45, 7) is 1.43. The molecular weight excluding hydrogens is 762 g/mol. The maximum Gasteiger partial charge on any atom is 0.337 e. The molecule has 0 spiro atoms. The average molecular weight is 782 g/mol. The molecule has 0 fully saturated rings. The van der Waals surface area contributed by atoms with Crippen LogP contribution >= 0.6 is 11.6 Å². The molecule has 0 atom stereocenters. The molecule has 0 bridgehead atoms. The van der Waals surface area contributed by atoms with Gasteiger partial charge >= 0.3 is 5.97 Å². The van der Waals surface area contributed by atoms with Crippen molar-refractivity contribution in [3.63, 3.8) is 0 Å². The second-order valence-electron chi connectivity index (χ2n) is 9.99. The van der Waals surface area contributed by atoms with Gasteiger partial charge in [-0.05, 0) is 79.2 Å². The molecule has 3 aromatic carbocycles. The monoisotopic (exact) mass is 781 g/mol. The van der Waals surface area contributed by atoms with E-state index >= 15 is 0 Å². The number of aromatic nitrogens is 5. The predicted octanol–water partition coefficient (Wildman–Crippen LogP) is 4.07. The number of anilines is 4. The first-order valence-corrected chi connectivity index (χ1v) is 18.1. The smallest absolute Gasteiger partial charge is 0.337 e. The largest absolute Gasteiger partial charge is 0.492 e. The third kappa shape index (κ3) is 8.40. The van der Waals surface area contributed by atoms with Crippen LogP contribution in [0, 0.1) is 6.92 Å². The minimum absolute atomic E-state index is 0.0452. The SMILES string of the molecule is Cc1nn(-c2ccc(S(=O)(=O)O)cc2)c(O)c1/N=N/c1cc(Nc2nc(Cl)nc(Nc3ccc(S(=O)(=O)O)cc3C(=O)O)n2)ccc1S(=O)(=O)O. The van der Waals surface area contributed by atoms with Gasteiger partial charge in [0, 0.05) is 5.69 Å². The number of aromatic carboxylic acids is 1. The van der Waals surface area contributed by atoms with Gasteiger partial charge in [0.2, 0.25) is 23.1 Å². The predicted molar refractivity (Wildman–Crippen MR) is 175 cm³/mol. The summed E-state index contributed by atoms with van der Waals surface area (Å²) >= 11 is 6.02. The second kappa shape index (κ2) is 13.6. The summed E-state index contributed by atoms with van der Waals surface area (Å²) in [7, 11) is -14.1. The van der Waals surface area contributed by atoms with Crippen LogP contribution in [0.25, 0.3) is 5.69 Å². The number of azo groups is 1. The number of nitrogens with zero attached hydrogens (tertiary/aromatic N) is 7. The molecule has 51 heavy (non-hydrogen) atoms. The van der Waals surface area contributed by atoms with E-state index in [0.717, 1.165) is 41.1 Å². The first-order valence-electron chi connectivity index (χ1n) is 13.4. The highest BCUT2D eigenvalue weighted by atomic mass is 35.5. The van der Waals surface area contributed by atoms with Crippen LogP contribution in [0.4, 0.5) is 34.6 Å². The Kier molecular flexibility index (Phi) is 9.76. The zero-order valence-corrected chi connectivity index (χ0v) is 28.3. The van der Waals surface area contributed by atoms with Gasteiger partial charge in [-0.1, -0.05) is 0 Å². The molecule has 2 aromatic heterocycles. The van der Waals surface area contributed by atoms with E-state index in [1.54, 1.807) is 0 Å². The Morgan fingerprint density at radius 2 is 1.39 bits per heavy atom. The fourth-order valence-corrected chi connectivity index (χ4v) is 5.99. The molecule has 0 aliphatic rings. The minimum Gasteiger partial charge on any atom is -0.492 e. The number of benzene rings is 3. The van der Waals surface area contributed by atoms with Gasteiger partial charge in [0.1, 0.15) is 10.6 Å². The van der Waals surface area contributed by atoms with Crippen LogP contribution in [0.1, 0.15) is 16.1 Å². The number of carboxylic acid groups (broad SMARTS) is 1. The van der Waals surface area contributed by atoms with Gasteiger partial charge in [0.05, 0.1) is 32.4 Å². The van der Waals surface area contributed by atoms with Crippen LogP contribution in [-0.2, 0) is 30.4 Å². The number of nitrogens with one attached hydrogen (secondary N) is 2. The molecule has 25 heteroatoms. The fraction of sp³-hybridized carbons (Fsp3) is 0.0385. The molecule has 0 saturated heterocycles. The summed E-state index contributed by atoms with van der Waals surface area (Å²) in [5, 5.41) is 37.1. The van der Waals surface area contributed by atoms with Crippen LogP contribution in [-0.4, -0.2) is 79.8 Å². The van der Waals surface area contributed by atoms with Gasteiger partial charge in [-0.3, -0.25) is 13.7 Å². The van der Waals surface area contributed by atoms with Gasteiger partial charge in [-0.25, -0.2) is 4.79 Å². The lowest BCUT2D eigenvalue weighted by Gasteiger charge is -2.11. The third-order valence-corrected chi connectivity index (χ3v) is 9.30. The zero-order valence-electron chi connectivity index (χ0n) is 25.1. The number of hydrogen-bond donors (Lipinski definition) is 7. The van der Waals surface area contributed by atoms with Crippen molar-refractivity contribution in [1.29, 1.82) is 0 Å². The van der Waals surface area contributed by atoms with Crippen molar-refractivity contribution in [3.05, 3.63) is 77.2 Å². The molecule has 0 aliphatic heterocycles. The van der Waals surface area contributed by atoms with Crippen LogP contribution in [0.3, 0.4) is 0 Å². The van der Waals surface area contributed by atoms with Crippen molar-refractivity contribution < 1.29 is 53.9 Å². The maximum atomic E-state index is 12.1. The van der Waals surface area contributed by atoms with Crippen molar-refractivity contribution in [2.45, 2.75) is 21.6 Å². The van der Waals surface area contributed by atoms with E-state index < -0.39 is 73.4 Å². The maximum absolute atomic E-state index is 12.1. The zero-order chi connectivity index (χ0) is 37.5. The molecule has 0 unspecified atom stereocenters. The molecule has 0 radical (unpaired) electrons. The number of carbonyl (C=O) groups is 1. The quantitative estimate of drug-likeness (QED) is 0.0733. The van der Waals surface area contributed by atoms with Crippen molar-refractivity contribution in [2.75, 3.05) is 10.6 Å². The Bertz CT molecular complexity index is 2580. The summed E-state index contributed by atoms with van der Waals surface area (Å²) in [5.41, 5.74) is -1.16. The van der Waals surface area contributed by atoms with E-state index in [9.17, 15) is 53.9 Å². The van der Waals surface area contributed by atoms with Gasteiger partial charge in [0.15, 0.2) is 5.69 Å². The first kappa shape index (κ1) is 36.6.